The molecule has 0 bridgehead atoms. The van der Waals surface area contributed by atoms with Crippen molar-refractivity contribution in [2.24, 2.45) is 0 Å². The number of rotatable bonds is 5. The molecule has 138 valence electrons. The molecule has 0 saturated carbocycles. The number of nitrogens with one attached hydrogen (secondary N) is 1. The van der Waals surface area contributed by atoms with E-state index in [0.717, 1.165) is 30.1 Å². The van der Waals surface area contributed by atoms with Crippen molar-refractivity contribution >= 4 is 15.9 Å². The lowest BCUT2D eigenvalue weighted by molar-refractivity contribution is 0.0242. The minimum atomic E-state index is -3.21. The lowest BCUT2D eigenvalue weighted by Gasteiger charge is -2.39. The molecule has 25 heavy (non-hydrogen) atoms. The molecule has 2 rings (SSSR count). The molecule has 1 aliphatic heterocycles. The van der Waals surface area contributed by atoms with E-state index in [2.05, 4.69) is 5.32 Å². The van der Waals surface area contributed by atoms with Gasteiger partial charge in [-0.1, -0.05) is 36.4 Å². The molecule has 1 N–H and O–H groups in total. The van der Waals surface area contributed by atoms with E-state index in [0.29, 0.717) is 6.54 Å². The highest BCUT2D eigenvalue weighted by Gasteiger charge is 2.32. The molecule has 0 spiro atoms. The zero-order chi connectivity index (χ0) is 18.4. The van der Waals surface area contributed by atoms with Gasteiger partial charge in [0, 0.05) is 31.4 Å². The second-order valence-corrected chi connectivity index (χ2v) is 8.33. The maximum absolute atomic E-state index is 12.7. The van der Waals surface area contributed by atoms with Crippen LogP contribution in [0.5, 0.6) is 0 Å². The van der Waals surface area contributed by atoms with Crippen molar-refractivity contribution < 1.29 is 17.9 Å². The van der Waals surface area contributed by atoms with Gasteiger partial charge in [-0.15, -0.1) is 0 Å². The third kappa shape index (κ3) is 5.86. The third-order valence-corrected chi connectivity index (χ3v) is 4.95. The van der Waals surface area contributed by atoms with E-state index < -0.39 is 9.84 Å². The summed E-state index contributed by atoms with van der Waals surface area (Å²) in [5, 5.41) is 3.96. The van der Waals surface area contributed by atoms with Gasteiger partial charge in [-0.3, -0.25) is 0 Å². The Balaban J connectivity index is 2.11. The highest BCUT2D eigenvalue weighted by Crippen LogP contribution is 2.32. The molecule has 1 fully saturated rings. The first-order valence-electron chi connectivity index (χ1n) is 8.33. The number of carbonyl (C=O) groups excluding carboxylic acids is 1. The van der Waals surface area contributed by atoms with Crippen molar-refractivity contribution in [1.82, 2.24) is 10.2 Å². The Hall–Kier alpha value is -1.86. The first-order valence-corrected chi connectivity index (χ1v) is 10.3. The Morgan fingerprint density at radius 2 is 2.04 bits per heavy atom. The quantitative estimate of drug-likeness (QED) is 0.869. The van der Waals surface area contributed by atoms with Crippen LogP contribution in [0.1, 0.15) is 31.4 Å². The summed E-state index contributed by atoms with van der Waals surface area (Å²) in [6.07, 6.45) is 4.24. The van der Waals surface area contributed by atoms with Crippen LogP contribution < -0.4 is 5.32 Å². The van der Waals surface area contributed by atoms with Gasteiger partial charge >= 0.3 is 6.03 Å². The molecule has 0 aliphatic carbocycles. The number of nitrogens with zero attached hydrogens (tertiary/aromatic N) is 1. The summed E-state index contributed by atoms with van der Waals surface area (Å²) in [4.78, 5) is 14.5. The molecule has 6 nitrogen and oxygen atoms in total. The van der Waals surface area contributed by atoms with E-state index in [1.165, 1.54) is 6.08 Å². The van der Waals surface area contributed by atoms with E-state index in [1.54, 1.807) is 18.9 Å². The third-order valence-electron chi connectivity index (χ3n) is 4.30. The fourth-order valence-electron chi connectivity index (χ4n) is 2.97. The molecular formula is C18H26N2O4S. The van der Waals surface area contributed by atoms with Gasteiger partial charge in [-0.25, -0.2) is 13.2 Å². The minimum absolute atomic E-state index is 0.0639. The van der Waals surface area contributed by atoms with E-state index in [9.17, 15) is 13.2 Å². The number of benzene rings is 1. The SMILES string of the molecule is CO[C@H]1CCN(C(=O)N[C@@H](C)/C=C/S(C)(=O)=O)[C@@H](c2ccccc2)C1. The van der Waals surface area contributed by atoms with Crippen LogP contribution in [0.25, 0.3) is 0 Å². The van der Waals surface area contributed by atoms with Gasteiger partial charge in [0.05, 0.1) is 12.1 Å². The molecule has 1 saturated heterocycles. The van der Waals surface area contributed by atoms with Crippen LogP contribution in [0.4, 0.5) is 4.79 Å². The predicted octanol–water partition coefficient (Wildman–Crippen LogP) is 2.49. The molecule has 0 radical (unpaired) electrons. The molecule has 0 unspecified atom stereocenters. The van der Waals surface area contributed by atoms with Crippen molar-refractivity contribution in [2.45, 2.75) is 38.0 Å². The fourth-order valence-corrected chi connectivity index (χ4v) is 3.49. The summed E-state index contributed by atoms with van der Waals surface area (Å²) in [5.41, 5.74) is 1.07. The number of piperidine rings is 1. The average molecular weight is 366 g/mol. The average Bonchev–Trinajstić information content (AvgIpc) is 2.59. The highest BCUT2D eigenvalue weighted by molar-refractivity contribution is 7.93. The van der Waals surface area contributed by atoms with Crippen LogP contribution in [0.3, 0.4) is 0 Å². The molecular weight excluding hydrogens is 340 g/mol. The van der Waals surface area contributed by atoms with Gasteiger partial charge in [0.1, 0.15) is 0 Å². The molecule has 2 amide bonds. The van der Waals surface area contributed by atoms with Crippen molar-refractivity contribution in [2.75, 3.05) is 19.9 Å². The Morgan fingerprint density at radius 1 is 1.36 bits per heavy atom. The zero-order valence-electron chi connectivity index (χ0n) is 14.9. The lowest BCUT2D eigenvalue weighted by atomic mass is 9.93. The summed E-state index contributed by atoms with van der Waals surface area (Å²) in [6, 6.07) is 9.24. The van der Waals surface area contributed by atoms with Gasteiger partial charge in [0.25, 0.3) is 0 Å². The lowest BCUT2D eigenvalue weighted by Crippen LogP contribution is -2.49. The van der Waals surface area contributed by atoms with Crippen molar-refractivity contribution in [3.8, 4) is 0 Å². The summed E-state index contributed by atoms with van der Waals surface area (Å²) < 4.78 is 27.9. The first-order chi connectivity index (χ1) is 11.8. The normalized spacial score (nSPS) is 22.8. The maximum Gasteiger partial charge on any atom is 0.318 e. The van der Waals surface area contributed by atoms with Crippen LogP contribution in [0, 0.1) is 0 Å². The summed E-state index contributed by atoms with van der Waals surface area (Å²) in [6.45, 7) is 2.34. The molecule has 3 atom stereocenters. The monoisotopic (exact) mass is 366 g/mol. The summed E-state index contributed by atoms with van der Waals surface area (Å²) in [5.74, 6) is 0. The predicted molar refractivity (Wildman–Crippen MR) is 97.9 cm³/mol. The van der Waals surface area contributed by atoms with Crippen molar-refractivity contribution in [3.63, 3.8) is 0 Å². The van der Waals surface area contributed by atoms with E-state index >= 15 is 0 Å². The van der Waals surface area contributed by atoms with Gasteiger partial charge < -0.3 is 15.0 Å². The van der Waals surface area contributed by atoms with Crippen LogP contribution in [0.2, 0.25) is 0 Å². The fraction of sp³-hybridized carbons (Fsp3) is 0.500. The summed E-state index contributed by atoms with van der Waals surface area (Å²) >= 11 is 0. The number of urea groups is 1. The van der Waals surface area contributed by atoms with Gasteiger partial charge in [-0.05, 0) is 25.3 Å². The topological polar surface area (TPSA) is 75.7 Å². The minimum Gasteiger partial charge on any atom is -0.381 e. The second-order valence-electron chi connectivity index (χ2n) is 6.40. The number of carbonyl (C=O) groups is 1. The van der Waals surface area contributed by atoms with Crippen molar-refractivity contribution in [3.05, 3.63) is 47.4 Å². The second kappa shape index (κ2) is 8.49. The number of amides is 2. The number of ether oxygens (including phenoxy) is 1. The molecule has 1 heterocycles. The zero-order valence-corrected chi connectivity index (χ0v) is 15.7. The van der Waals surface area contributed by atoms with E-state index in [1.807, 2.05) is 30.3 Å². The molecule has 0 aromatic heterocycles. The van der Waals surface area contributed by atoms with Gasteiger partial charge in [0.15, 0.2) is 9.84 Å². The van der Waals surface area contributed by atoms with Crippen LogP contribution in [-0.4, -0.2) is 51.4 Å². The Morgan fingerprint density at radius 3 is 2.64 bits per heavy atom. The number of hydrogen-bond donors (Lipinski definition) is 1. The molecule has 7 heteroatoms. The molecule has 1 aromatic carbocycles. The number of sulfone groups is 1. The van der Waals surface area contributed by atoms with Crippen molar-refractivity contribution in [1.29, 1.82) is 0 Å². The van der Waals surface area contributed by atoms with E-state index in [4.69, 9.17) is 4.74 Å². The summed E-state index contributed by atoms with van der Waals surface area (Å²) in [7, 11) is -1.51. The Bertz CT molecular complexity index is 703. The first kappa shape index (κ1) is 19.5. The molecule has 1 aliphatic rings. The van der Waals surface area contributed by atoms with Gasteiger partial charge in [0.2, 0.25) is 0 Å². The van der Waals surface area contributed by atoms with Crippen LogP contribution in [-0.2, 0) is 14.6 Å². The highest BCUT2D eigenvalue weighted by atomic mass is 32.2. The largest absolute Gasteiger partial charge is 0.381 e. The number of hydrogen-bond acceptors (Lipinski definition) is 4. The van der Waals surface area contributed by atoms with E-state index in [-0.39, 0.29) is 24.2 Å². The number of methoxy groups -OCH3 is 1. The maximum atomic E-state index is 12.7. The van der Waals surface area contributed by atoms with Gasteiger partial charge in [-0.2, -0.15) is 0 Å². The molecule has 1 aromatic rings. The Kier molecular flexibility index (Phi) is 6.61. The Labute approximate surface area is 149 Å². The smallest absolute Gasteiger partial charge is 0.318 e. The standard InChI is InChI=1S/C18H26N2O4S/c1-14(10-12-25(3,22)23)19-18(21)20-11-9-16(24-2)13-17(20)15-7-5-4-6-8-15/h4-8,10,12,14,16-17H,9,11,13H2,1-3H3,(H,19,21)/b12-10+/t14-,16-,17+/m0/s1. The number of likely N-dealkylation sites (tertiary alicyclic amines) is 1. The van der Waals surface area contributed by atoms with Crippen LogP contribution in [0.15, 0.2) is 41.8 Å². The van der Waals surface area contributed by atoms with Crippen LogP contribution >= 0.6 is 0 Å².